The van der Waals surface area contributed by atoms with Gasteiger partial charge in [0.25, 0.3) is 0 Å². The molecule has 0 saturated heterocycles. The summed E-state index contributed by atoms with van der Waals surface area (Å²) in [6.45, 7) is 3.35. The minimum Gasteiger partial charge on any atom is -0.382 e. The molecule has 2 rings (SSSR count). The summed E-state index contributed by atoms with van der Waals surface area (Å²) in [5.41, 5.74) is 7.12. The Morgan fingerprint density at radius 3 is 2.72 bits per heavy atom. The van der Waals surface area contributed by atoms with Crippen LogP contribution in [0.25, 0.3) is 0 Å². The van der Waals surface area contributed by atoms with Gasteiger partial charge in [-0.3, -0.25) is 4.98 Å². The van der Waals surface area contributed by atoms with Gasteiger partial charge in [0.2, 0.25) is 0 Å². The van der Waals surface area contributed by atoms with Crippen LogP contribution in [0.4, 0.5) is 15.9 Å². The van der Waals surface area contributed by atoms with Crippen LogP contribution in [0.5, 0.6) is 0 Å². The highest BCUT2D eigenvalue weighted by atomic mass is 19.1. The van der Waals surface area contributed by atoms with E-state index in [9.17, 15) is 4.39 Å². The van der Waals surface area contributed by atoms with Crippen molar-refractivity contribution in [2.75, 3.05) is 17.2 Å². The second-order valence-corrected chi connectivity index (χ2v) is 3.93. The summed E-state index contributed by atoms with van der Waals surface area (Å²) in [5.74, 6) is 0.155. The molecular formula is C13H15FN4. The van der Waals surface area contributed by atoms with Crippen molar-refractivity contribution < 1.29 is 4.39 Å². The number of hydrogen-bond donors (Lipinski definition) is 1. The molecule has 0 spiro atoms. The average Bonchev–Trinajstić information content (AvgIpc) is 2.38. The molecule has 0 amide bonds. The van der Waals surface area contributed by atoms with Crippen molar-refractivity contribution in [1.29, 1.82) is 0 Å². The van der Waals surface area contributed by atoms with Gasteiger partial charge in [-0.15, -0.1) is 0 Å². The number of nitrogens with two attached hydrogens (primary N) is 1. The number of halogens is 1. The lowest BCUT2D eigenvalue weighted by Gasteiger charge is -2.22. The number of aromatic nitrogens is 2. The average molecular weight is 246 g/mol. The molecule has 1 heterocycles. The smallest absolute Gasteiger partial charge is 0.141 e. The van der Waals surface area contributed by atoms with E-state index in [4.69, 9.17) is 5.73 Å². The zero-order valence-electron chi connectivity index (χ0n) is 10.2. The van der Waals surface area contributed by atoms with Gasteiger partial charge < -0.3 is 10.6 Å². The predicted octanol–water partition coefficient (Wildman–Crippen LogP) is 2.22. The second kappa shape index (κ2) is 5.44. The highest BCUT2D eigenvalue weighted by Gasteiger charge is 2.07. The van der Waals surface area contributed by atoms with Crippen LogP contribution in [0.3, 0.4) is 0 Å². The van der Waals surface area contributed by atoms with E-state index in [2.05, 4.69) is 9.97 Å². The summed E-state index contributed by atoms with van der Waals surface area (Å²) in [6, 6.07) is 6.51. The quantitative estimate of drug-likeness (QED) is 0.898. The van der Waals surface area contributed by atoms with Crippen LogP contribution < -0.4 is 10.6 Å². The van der Waals surface area contributed by atoms with Gasteiger partial charge in [-0.1, -0.05) is 6.07 Å². The van der Waals surface area contributed by atoms with Crippen LogP contribution >= 0.6 is 0 Å². The van der Waals surface area contributed by atoms with E-state index in [0.717, 1.165) is 17.9 Å². The summed E-state index contributed by atoms with van der Waals surface area (Å²) >= 11 is 0. The van der Waals surface area contributed by atoms with Crippen LogP contribution in [0.1, 0.15) is 12.6 Å². The van der Waals surface area contributed by atoms with Crippen LogP contribution in [-0.4, -0.2) is 16.5 Å². The summed E-state index contributed by atoms with van der Waals surface area (Å²) in [5, 5.41) is 0. The Morgan fingerprint density at radius 2 is 2.11 bits per heavy atom. The lowest BCUT2D eigenvalue weighted by molar-refractivity contribution is 0.626. The molecular weight excluding hydrogens is 231 g/mol. The molecule has 0 atom stereocenters. The molecule has 0 fully saturated rings. The number of anilines is 2. The Hall–Kier alpha value is -2.17. The molecule has 94 valence electrons. The van der Waals surface area contributed by atoms with Crippen molar-refractivity contribution >= 4 is 11.5 Å². The fraction of sp³-hybridized carbons (Fsp3) is 0.231. The van der Waals surface area contributed by atoms with E-state index >= 15 is 0 Å². The number of rotatable bonds is 4. The monoisotopic (exact) mass is 246 g/mol. The highest BCUT2D eigenvalue weighted by Crippen LogP contribution is 2.17. The highest BCUT2D eigenvalue weighted by molar-refractivity contribution is 5.46. The largest absolute Gasteiger partial charge is 0.382 e. The molecule has 5 heteroatoms. The van der Waals surface area contributed by atoms with Gasteiger partial charge in [-0.05, 0) is 25.1 Å². The van der Waals surface area contributed by atoms with Gasteiger partial charge in [0.1, 0.15) is 11.6 Å². The molecule has 0 aliphatic carbocycles. The molecule has 1 aromatic carbocycles. The molecule has 0 radical (unpaired) electrons. The van der Waals surface area contributed by atoms with Gasteiger partial charge in [-0.2, -0.15) is 0 Å². The number of nitrogen functional groups attached to an aromatic ring is 1. The van der Waals surface area contributed by atoms with Crippen molar-refractivity contribution in [3.8, 4) is 0 Å². The van der Waals surface area contributed by atoms with Crippen molar-refractivity contribution in [1.82, 2.24) is 9.97 Å². The van der Waals surface area contributed by atoms with Gasteiger partial charge in [0.05, 0.1) is 24.6 Å². The van der Waals surface area contributed by atoms with Crippen LogP contribution in [0.2, 0.25) is 0 Å². The van der Waals surface area contributed by atoms with Crippen LogP contribution in [0, 0.1) is 5.82 Å². The lowest BCUT2D eigenvalue weighted by Crippen LogP contribution is -2.22. The van der Waals surface area contributed by atoms with Gasteiger partial charge in [0.15, 0.2) is 0 Å². The number of nitrogens with zero attached hydrogens (tertiary/aromatic N) is 3. The summed E-state index contributed by atoms with van der Waals surface area (Å²) in [6.07, 6.45) is 3.16. The first-order valence-electron chi connectivity index (χ1n) is 5.76. The lowest BCUT2D eigenvalue weighted by atomic mass is 10.2. The summed E-state index contributed by atoms with van der Waals surface area (Å²) < 4.78 is 13.2. The molecule has 2 N–H and O–H groups in total. The van der Waals surface area contributed by atoms with Gasteiger partial charge in [-0.25, -0.2) is 9.37 Å². The van der Waals surface area contributed by atoms with E-state index in [1.165, 1.54) is 18.3 Å². The normalized spacial score (nSPS) is 10.3. The molecule has 0 bridgehead atoms. The third kappa shape index (κ3) is 2.94. The fourth-order valence-electron chi connectivity index (χ4n) is 1.70. The Labute approximate surface area is 105 Å². The first kappa shape index (κ1) is 12.3. The van der Waals surface area contributed by atoms with E-state index in [1.54, 1.807) is 12.3 Å². The Morgan fingerprint density at radius 1 is 1.28 bits per heavy atom. The van der Waals surface area contributed by atoms with Crippen molar-refractivity contribution in [2.24, 2.45) is 0 Å². The summed E-state index contributed by atoms with van der Waals surface area (Å²) in [7, 11) is 0. The van der Waals surface area contributed by atoms with Crippen LogP contribution in [0.15, 0.2) is 36.7 Å². The summed E-state index contributed by atoms with van der Waals surface area (Å²) in [4.78, 5) is 10.2. The van der Waals surface area contributed by atoms with E-state index in [1.807, 2.05) is 17.9 Å². The van der Waals surface area contributed by atoms with Crippen molar-refractivity contribution in [3.63, 3.8) is 0 Å². The maximum absolute atomic E-state index is 13.2. The minimum atomic E-state index is -0.241. The molecule has 0 unspecified atom stereocenters. The molecule has 0 aliphatic heterocycles. The van der Waals surface area contributed by atoms with E-state index < -0.39 is 0 Å². The zero-order valence-corrected chi connectivity index (χ0v) is 10.2. The maximum atomic E-state index is 13.2. The number of benzene rings is 1. The molecule has 4 nitrogen and oxygen atoms in total. The van der Waals surface area contributed by atoms with Crippen molar-refractivity contribution in [3.05, 3.63) is 48.2 Å². The Bertz CT molecular complexity index is 513. The van der Waals surface area contributed by atoms with E-state index in [0.29, 0.717) is 12.4 Å². The second-order valence-electron chi connectivity index (χ2n) is 3.93. The van der Waals surface area contributed by atoms with Crippen LogP contribution in [-0.2, 0) is 6.54 Å². The van der Waals surface area contributed by atoms with Crippen molar-refractivity contribution in [2.45, 2.75) is 13.5 Å². The third-order valence-electron chi connectivity index (χ3n) is 2.63. The molecule has 0 saturated carbocycles. The first-order valence-corrected chi connectivity index (χ1v) is 5.76. The predicted molar refractivity (Wildman–Crippen MR) is 69.6 cm³/mol. The molecule has 0 aliphatic rings. The maximum Gasteiger partial charge on any atom is 0.141 e. The molecule has 1 aromatic heterocycles. The minimum absolute atomic E-state index is 0.241. The van der Waals surface area contributed by atoms with Gasteiger partial charge >= 0.3 is 0 Å². The Balaban J connectivity index is 2.17. The molecule has 2 aromatic rings. The standard InChI is InChI=1S/C13H15FN4/c1-2-18(12-5-3-4-10(14)6-12)9-11-7-17-13(15)8-16-11/h3-8H,2,9H2,1H3,(H2,15,17). The third-order valence-corrected chi connectivity index (χ3v) is 2.63. The fourth-order valence-corrected chi connectivity index (χ4v) is 1.70. The van der Waals surface area contributed by atoms with Gasteiger partial charge in [0, 0.05) is 12.2 Å². The Kier molecular flexibility index (Phi) is 3.72. The zero-order chi connectivity index (χ0) is 13.0. The first-order chi connectivity index (χ1) is 8.69. The number of hydrogen-bond acceptors (Lipinski definition) is 4. The van der Waals surface area contributed by atoms with E-state index in [-0.39, 0.29) is 5.82 Å². The molecule has 18 heavy (non-hydrogen) atoms. The topological polar surface area (TPSA) is 55.0 Å². The SMILES string of the molecule is CCN(Cc1cnc(N)cn1)c1cccc(F)c1.